The van der Waals surface area contributed by atoms with Crippen LogP contribution in [0.15, 0.2) is 48.5 Å². The topological polar surface area (TPSA) is 41.6 Å². The quantitative estimate of drug-likeness (QED) is 0.919. The lowest BCUT2D eigenvalue weighted by molar-refractivity contribution is 0.0609. The summed E-state index contributed by atoms with van der Waals surface area (Å²) in [5, 5.41) is 3.49. The van der Waals surface area contributed by atoms with E-state index in [1.54, 1.807) is 7.11 Å². The number of methoxy groups -OCH3 is 1. The molecule has 0 spiro atoms. The fraction of sp³-hybridized carbons (Fsp3) is 0.316. The molecule has 0 radical (unpaired) electrons. The largest absolute Gasteiger partial charge is 0.383 e. The summed E-state index contributed by atoms with van der Waals surface area (Å²) < 4.78 is 5.18. The highest BCUT2D eigenvalue weighted by atomic mass is 16.5. The Hall–Kier alpha value is -2.33. The third-order valence-corrected chi connectivity index (χ3v) is 4.26. The SMILES string of the molecule is CCc1ccc(C2Nc3ccccc3C(=O)N2CCOC)cc1. The predicted molar refractivity (Wildman–Crippen MR) is 91.5 cm³/mol. The van der Waals surface area contributed by atoms with Crippen molar-refractivity contribution in [3.63, 3.8) is 0 Å². The molecule has 2 aromatic rings. The van der Waals surface area contributed by atoms with E-state index in [2.05, 4.69) is 36.5 Å². The van der Waals surface area contributed by atoms with Gasteiger partial charge in [0.2, 0.25) is 0 Å². The maximum absolute atomic E-state index is 12.9. The summed E-state index contributed by atoms with van der Waals surface area (Å²) >= 11 is 0. The summed E-state index contributed by atoms with van der Waals surface area (Å²) in [5.41, 5.74) is 3.97. The number of hydrogen-bond donors (Lipinski definition) is 1. The highest BCUT2D eigenvalue weighted by molar-refractivity contribution is 6.01. The van der Waals surface area contributed by atoms with Crippen molar-refractivity contribution in [3.8, 4) is 0 Å². The molecule has 23 heavy (non-hydrogen) atoms. The van der Waals surface area contributed by atoms with E-state index in [4.69, 9.17) is 4.74 Å². The number of nitrogens with zero attached hydrogens (tertiary/aromatic N) is 1. The van der Waals surface area contributed by atoms with Gasteiger partial charge in [0.15, 0.2) is 0 Å². The van der Waals surface area contributed by atoms with Crippen LogP contribution in [-0.2, 0) is 11.2 Å². The lowest BCUT2D eigenvalue weighted by Crippen LogP contribution is -2.44. The van der Waals surface area contributed by atoms with Gasteiger partial charge in [-0.25, -0.2) is 0 Å². The number of fused-ring (bicyclic) bond motifs is 1. The molecular weight excluding hydrogens is 288 g/mol. The number of carbonyl (C=O) groups is 1. The van der Waals surface area contributed by atoms with E-state index in [-0.39, 0.29) is 12.1 Å². The Morgan fingerprint density at radius 1 is 1.13 bits per heavy atom. The van der Waals surface area contributed by atoms with Gasteiger partial charge in [-0.05, 0) is 29.7 Å². The lowest BCUT2D eigenvalue weighted by Gasteiger charge is -2.38. The van der Waals surface area contributed by atoms with E-state index >= 15 is 0 Å². The van der Waals surface area contributed by atoms with Gasteiger partial charge >= 0.3 is 0 Å². The van der Waals surface area contributed by atoms with Gasteiger partial charge in [-0.3, -0.25) is 4.79 Å². The van der Waals surface area contributed by atoms with E-state index in [0.29, 0.717) is 18.7 Å². The number of amides is 1. The molecule has 0 saturated heterocycles. The highest BCUT2D eigenvalue weighted by Crippen LogP contribution is 2.32. The Balaban J connectivity index is 1.96. The molecule has 0 aromatic heterocycles. The van der Waals surface area contributed by atoms with Gasteiger partial charge in [-0.1, -0.05) is 43.3 Å². The number of rotatable bonds is 5. The first-order chi connectivity index (χ1) is 11.2. The Bertz CT molecular complexity index is 682. The average molecular weight is 310 g/mol. The number of hydrogen-bond acceptors (Lipinski definition) is 3. The zero-order valence-corrected chi connectivity index (χ0v) is 13.6. The van der Waals surface area contributed by atoms with Crippen LogP contribution in [0, 0.1) is 0 Å². The van der Waals surface area contributed by atoms with E-state index in [0.717, 1.165) is 17.7 Å². The second kappa shape index (κ2) is 6.84. The van der Waals surface area contributed by atoms with E-state index in [1.807, 2.05) is 29.2 Å². The zero-order valence-electron chi connectivity index (χ0n) is 13.6. The van der Waals surface area contributed by atoms with Crippen molar-refractivity contribution < 1.29 is 9.53 Å². The summed E-state index contributed by atoms with van der Waals surface area (Å²) in [5.74, 6) is 0.0426. The first-order valence-corrected chi connectivity index (χ1v) is 7.99. The molecule has 120 valence electrons. The minimum Gasteiger partial charge on any atom is -0.383 e. The standard InChI is InChI=1S/C19H22N2O2/c1-3-14-8-10-15(11-9-14)18-20-17-7-5-4-6-16(17)19(22)21(18)12-13-23-2/h4-11,18,20H,3,12-13H2,1-2H3. The Labute approximate surface area is 137 Å². The minimum absolute atomic E-state index is 0.0426. The maximum atomic E-state index is 12.9. The first kappa shape index (κ1) is 15.6. The Morgan fingerprint density at radius 3 is 2.57 bits per heavy atom. The maximum Gasteiger partial charge on any atom is 0.257 e. The number of anilines is 1. The number of ether oxygens (including phenoxy) is 1. The van der Waals surface area contributed by atoms with Gasteiger partial charge in [-0.2, -0.15) is 0 Å². The van der Waals surface area contributed by atoms with Crippen molar-refractivity contribution in [3.05, 3.63) is 65.2 Å². The molecule has 4 nitrogen and oxygen atoms in total. The highest BCUT2D eigenvalue weighted by Gasteiger charge is 2.32. The van der Waals surface area contributed by atoms with Gasteiger partial charge in [0, 0.05) is 19.3 Å². The number of carbonyl (C=O) groups excluding carboxylic acids is 1. The van der Waals surface area contributed by atoms with Crippen LogP contribution in [0.2, 0.25) is 0 Å². The molecule has 0 fully saturated rings. The van der Waals surface area contributed by atoms with Crippen LogP contribution in [0.25, 0.3) is 0 Å². The monoisotopic (exact) mass is 310 g/mol. The van der Waals surface area contributed by atoms with Gasteiger partial charge in [-0.15, -0.1) is 0 Å². The van der Waals surface area contributed by atoms with Crippen molar-refractivity contribution >= 4 is 11.6 Å². The molecule has 1 atom stereocenters. The summed E-state index contributed by atoms with van der Waals surface area (Å²) in [6.07, 6.45) is 0.839. The predicted octanol–water partition coefficient (Wildman–Crippen LogP) is 3.46. The van der Waals surface area contributed by atoms with Gasteiger partial charge < -0.3 is 15.0 Å². The summed E-state index contributed by atoms with van der Waals surface area (Å²) in [4.78, 5) is 14.7. The fourth-order valence-electron chi connectivity index (χ4n) is 2.91. The molecule has 1 N–H and O–H groups in total. The molecule has 0 saturated carbocycles. The number of nitrogens with one attached hydrogen (secondary N) is 1. The molecule has 1 amide bonds. The molecule has 1 heterocycles. The first-order valence-electron chi connectivity index (χ1n) is 7.99. The van der Waals surface area contributed by atoms with E-state index in [1.165, 1.54) is 5.56 Å². The van der Waals surface area contributed by atoms with Crippen molar-refractivity contribution in [2.45, 2.75) is 19.5 Å². The molecule has 1 aliphatic heterocycles. The summed E-state index contributed by atoms with van der Waals surface area (Å²) in [6, 6.07) is 16.1. The van der Waals surface area contributed by atoms with E-state index in [9.17, 15) is 4.79 Å². The molecule has 3 rings (SSSR count). The van der Waals surface area contributed by atoms with Crippen LogP contribution in [-0.4, -0.2) is 31.1 Å². The van der Waals surface area contributed by atoms with Crippen molar-refractivity contribution in [1.82, 2.24) is 4.90 Å². The van der Waals surface area contributed by atoms with E-state index < -0.39 is 0 Å². The van der Waals surface area contributed by atoms with Crippen molar-refractivity contribution in [1.29, 1.82) is 0 Å². The molecule has 1 unspecified atom stereocenters. The normalized spacial score (nSPS) is 16.9. The van der Waals surface area contributed by atoms with Crippen LogP contribution >= 0.6 is 0 Å². The summed E-state index contributed by atoms with van der Waals surface area (Å²) in [6.45, 7) is 3.20. The zero-order chi connectivity index (χ0) is 16.2. The van der Waals surface area contributed by atoms with Crippen molar-refractivity contribution in [2.75, 3.05) is 25.6 Å². The van der Waals surface area contributed by atoms with Crippen LogP contribution in [0.4, 0.5) is 5.69 Å². The molecule has 0 aliphatic carbocycles. The van der Waals surface area contributed by atoms with Crippen LogP contribution in [0.3, 0.4) is 0 Å². The van der Waals surface area contributed by atoms with Gasteiger partial charge in [0.25, 0.3) is 5.91 Å². The van der Waals surface area contributed by atoms with Crippen LogP contribution in [0.1, 0.15) is 34.6 Å². The second-order valence-electron chi connectivity index (χ2n) is 5.68. The summed E-state index contributed by atoms with van der Waals surface area (Å²) in [7, 11) is 1.65. The van der Waals surface area contributed by atoms with Gasteiger partial charge in [0.05, 0.1) is 12.2 Å². The van der Waals surface area contributed by atoms with Crippen LogP contribution < -0.4 is 5.32 Å². The van der Waals surface area contributed by atoms with Crippen molar-refractivity contribution in [2.24, 2.45) is 0 Å². The van der Waals surface area contributed by atoms with Gasteiger partial charge in [0.1, 0.15) is 6.17 Å². The van der Waals surface area contributed by atoms with Crippen LogP contribution in [0.5, 0.6) is 0 Å². The molecule has 0 bridgehead atoms. The third kappa shape index (κ3) is 3.08. The average Bonchev–Trinajstić information content (AvgIpc) is 2.61. The number of para-hydroxylation sites is 1. The smallest absolute Gasteiger partial charge is 0.257 e. The number of aryl methyl sites for hydroxylation is 1. The fourth-order valence-corrected chi connectivity index (χ4v) is 2.91. The number of benzene rings is 2. The Morgan fingerprint density at radius 2 is 1.87 bits per heavy atom. The Kier molecular flexibility index (Phi) is 4.63. The molecule has 4 heteroatoms. The third-order valence-electron chi connectivity index (χ3n) is 4.26. The molecule has 2 aromatic carbocycles. The molecular formula is C19H22N2O2. The molecule has 1 aliphatic rings. The second-order valence-corrected chi connectivity index (χ2v) is 5.68. The minimum atomic E-state index is -0.168. The lowest BCUT2D eigenvalue weighted by atomic mass is 10.0.